The Hall–Kier alpha value is -0.170. The first kappa shape index (κ1) is 14.8. The van der Waals surface area contributed by atoms with E-state index in [1.54, 1.807) is 4.31 Å². The average molecular weight is 301 g/mol. The Morgan fingerprint density at radius 1 is 1.20 bits per heavy atom. The Morgan fingerprint density at radius 3 is 2.55 bits per heavy atom. The van der Waals surface area contributed by atoms with E-state index in [4.69, 9.17) is 0 Å². The van der Waals surface area contributed by atoms with Gasteiger partial charge >= 0.3 is 0 Å². The third-order valence-electron chi connectivity index (χ3n) is 5.26. The van der Waals surface area contributed by atoms with Gasteiger partial charge in [0.2, 0.25) is 0 Å². The Bertz CT molecular complexity index is 441. The van der Waals surface area contributed by atoms with Gasteiger partial charge in [0.05, 0.1) is 0 Å². The molecule has 3 aliphatic rings. The number of hydrogen-bond donors (Lipinski definition) is 2. The summed E-state index contributed by atoms with van der Waals surface area (Å²) < 4.78 is 29.8. The van der Waals surface area contributed by atoms with E-state index in [1.807, 2.05) is 7.05 Å². The van der Waals surface area contributed by atoms with Crippen LogP contribution in [0, 0.1) is 11.3 Å². The van der Waals surface area contributed by atoms with Gasteiger partial charge < -0.3 is 5.32 Å². The van der Waals surface area contributed by atoms with Gasteiger partial charge in [0, 0.05) is 25.7 Å². The molecule has 0 aromatic heterocycles. The number of nitrogens with zero attached hydrogens (tertiary/aromatic N) is 1. The molecule has 0 bridgehead atoms. The maximum atomic E-state index is 12.6. The van der Waals surface area contributed by atoms with Crippen LogP contribution < -0.4 is 10.0 Å². The van der Waals surface area contributed by atoms with Gasteiger partial charge in [-0.25, -0.2) is 4.72 Å². The Balaban J connectivity index is 1.60. The van der Waals surface area contributed by atoms with Gasteiger partial charge in [-0.05, 0) is 56.9 Å². The van der Waals surface area contributed by atoms with Crippen molar-refractivity contribution in [2.45, 2.75) is 51.0 Å². The summed E-state index contributed by atoms with van der Waals surface area (Å²) in [6.45, 7) is 2.07. The lowest BCUT2D eigenvalue weighted by molar-refractivity contribution is 0.244. The Kier molecular flexibility index (Phi) is 4.10. The lowest BCUT2D eigenvalue weighted by Crippen LogP contribution is -2.52. The molecule has 2 saturated carbocycles. The molecule has 6 heteroatoms. The SMILES string of the molecule is CNCC1CCCCN1S(=O)(=O)NCC1(C2CC2)CC1. The Labute approximate surface area is 122 Å². The van der Waals surface area contributed by atoms with Crippen LogP contribution in [0.3, 0.4) is 0 Å². The summed E-state index contributed by atoms with van der Waals surface area (Å²) >= 11 is 0. The van der Waals surface area contributed by atoms with Crippen LogP contribution in [0.1, 0.15) is 44.9 Å². The first-order valence-corrected chi connectivity index (χ1v) is 9.42. The van der Waals surface area contributed by atoms with Crippen LogP contribution in [-0.2, 0) is 10.2 Å². The van der Waals surface area contributed by atoms with Crippen LogP contribution in [0.2, 0.25) is 0 Å². The second-order valence-corrected chi connectivity index (χ2v) is 8.49. The van der Waals surface area contributed by atoms with E-state index < -0.39 is 10.2 Å². The normalized spacial score (nSPS) is 30.4. The van der Waals surface area contributed by atoms with E-state index in [2.05, 4.69) is 10.0 Å². The lowest BCUT2D eigenvalue weighted by atomic mass is 10.0. The van der Waals surface area contributed by atoms with Gasteiger partial charge in [-0.15, -0.1) is 0 Å². The van der Waals surface area contributed by atoms with Crippen LogP contribution in [0.15, 0.2) is 0 Å². The van der Waals surface area contributed by atoms with Crippen molar-refractivity contribution in [3.63, 3.8) is 0 Å². The molecule has 2 N–H and O–H groups in total. The smallest absolute Gasteiger partial charge is 0.279 e. The molecule has 1 atom stereocenters. The van der Waals surface area contributed by atoms with Crippen LogP contribution in [-0.4, -0.2) is 45.4 Å². The zero-order valence-electron chi connectivity index (χ0n) is 12.4. The van der Waals surface area contributed by atoms with E-state index in [0.717, 1.165) is 31.7 Å². The van der Waals surface area contributed by atoms with Gasteiger partial charge in [0.1, 0.15) is 0 Å². The minimum atomic E-state index is -3.31. The minimum absolute atomic E-state index is 0.113. The quantitative estimate of drug-likeness (QED) is 0.740. The molecule has 20 heavy (non-hydrogen) atoms. The molecule has 0 aromatic carbocycles. The molecule has 1 unspecified atom stereocenters. The second-order valence-electron chi connectivity index (χ2n) is 6.78. The van der Waals surface area contributed by atoms with Crippen molar-refractivity contribution in [2.24, 2.45) is 11.3 Å². The molecule has 0 aromatic rings. The molecular formula is C14H27N3O2S. The van der Waals surface area contributed by atoms with Crippen molar-refractivity contribution < 1.29 is 8.42 Å². The van der Waals surface area contributed by atoms with Crippen molar-refractivity contribution >= 4 is 10.2 Å². The van der Waals surface area contributed by atoms with E-state index in [9.17, 15) is 8.42 Å². The predicted molar refractivity (Wildman–Crippen MR) is 79.6 cm³/mol. The number of nitrogens with one attached hydrogen (secondary N) is 2. The zero-order chi connectivity index (χ0) is 14.2. The highest BCUT2D eigenvalue weighted by Gasteiger charge is 2.54. The van der Waals surface area contributed by atoms with Crippen molar-refractivity contribution in [3.8, 4) is 0 Å². The fraction of sp³-hybridized carbons (Fsp3) is 1.00. The molecule has 116 valence electrons. The summed E-state index contributed by atoms with van der Waals surface area (Å²) in [5.74, 6) is 0.791. The fourth-order valence-corrected chi connectivity index (χ4v) is 5.21. The Morgan fingerprint density at radius 2 is 1.95 bits per heavy atom. The van der Waals surface area contributed by atoms with Crippen LogP contribution in [0.4, 0.5) is 0 Å². The highest BCUT2D eigenvalue weighted by molar-refractivity contribution is 7.87. The number of hydrogen-bond acceptors (Lipinski definition) is 3. The minimum Gasteiger partial charge on any atom is -0.318 e. The van der Waals surface area contributed by atoms with E-state index in [-0.39, 0.29) is 6.04 Å². The van der Waals surface area contributed by atoms with Gasteiger partial charge in [-0.3, -0.25) is 0 Å². The monoisotopic (exact) mass is 301 g/mol. The van der Waals surface area contributed by atoms with Crippen molar-refractivity contribution in [3.05, 3.63) is 0 Å². The zero-order valence-corrected chi connectivity index (χ0v) is 13.2. The molecule has 1 aliphatic heterocycles. The van der Waals surface area contributed by atoms with Crippen LogP contribution >= 0.6 is 0 Å². The van der Waals surface area contributed by atoms with E-state index in [0.29, 0.717) is 18.5 Å². The fourth-order valence-electron chi connectivity index (χ4n) is 3.63. The van der Waals surface area contributed by atoms with Crippen molar-refractivity contribution in [1.82, 2.24) is 14.3 Å². The molecule has 1 heterocycles. The first-order chi connectivity index (χ1) is 9.57. The van der Waals surface area contributed by atoms with E-state index >= 15 is 0 Å². The maximum Gasteiger partial charge on any atom is 0.279 e. The third-order valence-corrected chi connectivity index (χ3v) is 6.87. The molecular weight excluding hydrogens is 274 g/mol. The predicted octanol–water partition coefficient (Wildman–Crippen LogP) is 1.08. The second kappa shape index (κ2) is 5.55. The summed E-state index contributed by atoms with van der Waals surface area (Å²) in [6, 6.07) is 0.113. The number of piperidine rings is 1. The average Bonchev–Trinajstić information content (AvgIpc) is 3.29. The number of likely N-dealkylation sites (N-methyl/N-ethyl adjacent to an activating group) is 1. The summed E-state index contributed by atoms with van der Waals surface area (Å²) in [4.78, 5) is 0. The molecule has 3 fully saturated rings. The summed E-state index contributed by atoms with van der Waals surface area (Å²) in [6.07, 6.45) is 8.09. The molecule has 0 amide bonds. The molecule has 0 radical (unpaired) electrons. The molecule has 2 aliphatic carbocycles. The van der Waals surface area contributed by atoms with Crippen LogP contribution in [0.5, 0.6) is 0 Å². The summed E-state index contributed by atoms with van der Waals surface area (Å²) in [7, 11) is -1.42. The molecule has 1 saturated heterocycles. The molecule has 0 spiro atoms. The standard InChI is InChI=1S/C14H27N3O2S/c1-15-10-13-4-2-3-9-17(13)20(18,19)16-11-14(7-8-14)12-5-6-12/h12-13,15-16H,2-11H2,1H3. The van der Waals surface area contributed by atoms with Gasteiger partial charge in [-0.2, -0.15) is 12.7 Å². The van der Waals surface area contributed by atoms with Gasteiger partial charge in [-0.1, -0.05) is 6.42 Å². The summed E-state index contributed by atoms with van der Waals surface area (Å²) in [5, 5.41) is 3.12. The molecule has 5 nitrogen and oxygen atoms in total. The number of rotatable bonds is 7. The summed E-state index contributed by atoms with van der Waals surface area (Å²) in [5.41, 5.74) is 0.321. The van der Waals surface area contributed by atoms with Gasteiger partial charge in [0.15, 0.2) is 0 Å². The topological polar surface area (TPSA) is 61.4 Å². The van der Waals surface area contributed by atoms with E-state index in [1.165, 1.54) is 25.7 Å². The van der Waals surface area contributed by atoms with Crippen molar-refractivity contribution in [1.29, 1.82) is 0 Å². The first-order valence-electron chi connectivity index (χ1n) is 7.98. The van der Waals surface area contributed by atoms with Crippen molar-refractivity contribution in [2.75, 3.05) is 26.7 Å². The largest absolute Gasteiger partial charge is 0.318 e. The maximum absolute atomic E-state index is 12.6. The third kappa shape index (κ3) is 3.03. The highest BCUT2D eigenvalue weighted by Crippen LogP contribution is 2.60. The lowest BCUT2D eigenvalue weighted by Gasteiger charge is -2.35. The van der Waals surface area contributed by atoms with Crippen LogP contribution in [0.25, 0.3) is 0 Å². The molecule has 3 rings (SSSR count). The highest BCUT2D eigenvalue weighted by atomic mass is 32.2. The van der Waals surface area contributed by atoms with Gasteiger partial charge in [0.25, 0.3) is 10.2 Å².